The maximum Gasteiger partial charge on any atom is 0.326 e. The van der Waals surface area contributed by atoms with E-state index in [1.54, 1.807) is 74.5 Å². The molecule has 2 aliphatic heterocycles. The first kappa shape index (κ1) is 106. The van der Waals surface area contributed by atoms with Gasteiger partial charge in [-0.05, 0) is 93.0 Å². The Labute approximate surface area is 756 Å². The number of H-pyrrole nitrogens is 1. The number of aromatic amines is 1. The highest BCUT2D eigenvalue weighted by Gasteiger charge is 2.43. The molecule has 6 rings (SSSR count). The molecule has 3 aromatic carbocycles. The molecule has 0 saturated carbocycles. The number of carbonyl (C=O) groups excluding carboxylic acids is 18. The van der Waals surface area contributed by atoms with Crippen LogP contribution in [0.1, 0.15) is 114 Å². The number of aromatic nitrogens is 2. The Morgan fingerprint density at radius 3 is 1.52 bits per heavy atom. The molecular weight excluding hydrogens is 1730 g/mol. The van der Waals surface area contributed by atoms with Crippen molar-refractivity contribution in [1.29, 1.82) is 5.41 Å². The van der Waals surface area contributed by atoms with Gasteiger partial charge in [-0.1, -0.05) is 86.6 Å². The van der Waals surface area contributed by atoms with Crippen molar-refractivity contribution in [3.63, 3.8) is 0 Å². The number of rotatable bonds is 54. The topological polar surface area (TPSA) is 792 Å². The summed E-state index contributed by atoms with van der Waals surface area (Å²) in [7, 11) is 0. The molecule has 31 N–H and O–H groups in total. The van der Waals surface area contributed by atoms with Crippen LogP contribution in [0.2, 0.25) is 0 Å². The molecule has 49 heteroatoms. The van der Waals surface area contributed by atoms with E-state index >= 15 is 0 Å². The Balaban J connectivity index is 1.08. The van der Waals surface area contributed by atoms with Crippen LogP contribution in [-0.4, -0.2) is 301 Å². The van der Waals surface area contributed by atoms with Gasteiger partial charge in [0.05, 0.1) is 57.5 Å². The molecule has 0 radical (unpaired) electrons. The number of carboxylic acid groups (broad SMARTS) is 2. The zero-order valence-electron chi connectivity index (χ0n) is 72.8. The Kier molecular flexibility index (Phi) is 42.8. The van der Waals surface area contributed by atoms with E-state index in [1.165, 1.54) is 36.8 Å². The van der Waals surface area contributed by atoms with E-state index in [4.69, 9.17) is 34.1 Å². The molecule has 0 unspecified atom stereocenters. The van der Waals surface area contributed by atoms with Crippen LogP contribution in [0, 0.1) is 11.3 Å². The number of nitrogens with one attached hydrogen (secondary N) is 17. The predicted octanol–water partition coefficient (Wildman–Crippen LogP) is -9.64. The lowest BCUT2D eigenvalue weighted by Crippen LogP contribution is -2.62. The van der Waals surface area contributed by atoms with E-state index in [1.807, 2.05) is 0 Å². The van der Waals surface area contributed by atoms with Gasteiger partial charge in [0.25, 0.3) is 0 Å². The number of primary amides is 2. The van der Waals surface area contributed by atoms with Crippen LogP contribution in [0.25, 0.3) is 0 Å². The summed E-state index contributed by atoms with van der Waals surface area (Å²) >= 11 is 0. The van der Waals surface area contributed by atoms with Gasteiger partial charge in [-0.25, -0.2) is 9.78 Å². The monoisotopic (exact) mass is 1850 g/mol. The number of benzene rings is 3. The fourth-order valence-electron chi connectivity index (χ4n) is 14.0. The van der Waals surface area contributed by atoms with E-state index in [2.05, 4.69) is 89.7 Å². The molecule has 718 valence electrons. The Hall–Kier alpha value is -14.8. The molecular formula is C83H117N25O24. The first-order chi connectivity index (χ1) is 62.6. The van der Waals surface area contributed by atoms with Crippen molar-refractivity contribution in [3.8, 4) is 5.75 Å². The number of imidazole rings is 1. The van der Waals surface area contributed by atoms with E-state index in [0.29, 0.717) is 23.1 Å². The van der Waals surface area contributed by atoms with Gasteiger partial charge in [-0.2, -0.15) is 0 Å². The number of nitrogens with zero attached hydrogens (tertiary/aromatic N) is 3. The van der Waals surface area contributed by atoms with E-state index in [9.17, 15) is 116 Å². The number of likely N-dealkylation sites (tertiary alicyclic amines) is 2. The second-order valence-electron chi connectivity index (χ2n) is 31.9. The van der Waals surface area contributed by atoms with Crippen molar-refractivity contribution < 1.29 is 116 Å². The molecule has 3 heterocycles. The van der Waals surface area contributed by atoms with E-state index in [0.717, 1.165) is 16.7 Å². The van der Waals surface area contributed by atoms with Crippen molar-refractivity contribution in [3.05, 3.63) is 120 Å². The molecule has 2 saturated heterocycles. The second-order valence-corrected chi connectivity index (χ2v) is 31.9. The summed E-state index contributed by atoms with van der Waals surface area (Å²) in [5, 5.41) is 84.3. The van der Waals surface area contributed by atoms with Crippen LogP contribution in [0.4, 0.5) is 0 Å². The van der Waals surface area contributed by atoms with Gasteiger partial charge >= 0.3 is 11.9 Å². The Bertz CT molecular complexity index is 4720. The van der Waals surface area contributed by atoms with Crippen molar-refractivity contribution >= 4 is 124 Å². The molecule has 49 nitrogen and oxygen atoms in total. The third-order valence-electron chi connectivity index (χ3n) is 20.9. The molecule has 2 fully saturated rings. The SMILES string of the molecule is CC(C)C[C@H](NC(=O)CNC(=O)CNC(=O)[C@H](Cc1ccccc1)NC(=O)[C@H](Cc1cnc[nH]1)NC(=O)CNC(=O)[C@@H](NC(=O)[C@H](CN)NC(=O)[C@H](Cc1ccccc1)NC(=O)[C@H](CCCNC(=N)N)NC(=O)[C@@H](N)CCC(N)=O)[C@@H](C)O)C(=O)N[C@@H](Cc1ccc(O)cc1)C(=O)N1CCC[C@H]1C(=O)N[C@@H](CC(=O)O)C(=O)N[C@@H](CC(N)=O)C(=O)NCC(=O)N1CCC[C@H]1C(=O)O. The van der Waals surface area contributed by atoms with Crippen LogP contribution >= 0.6 is 0 Å². The van der Waals surface area contributed by atoms with Crippen molar-refractivity contribution in [2.75, 3.05) is 52.4 Å². The van der Waals surface area contributed by atoms with Crippen molar-refractivity contribution in [2.24, 2.45) is 34.6 Å². The van der Waals surface area contributed by atoms with Gasteiger partial charge in [-0.3, -0.25) is 96.5 Å². The summed E-state index contributed by atoms with van der Waals surface area (Å²) in [5.41, 5.74) is 29.7. The largest absolute Gasteiger partial charge is 0.508 e. The van der Waals surface area contributed by atoms with Crippen molar-refractivity contribution in [1.82, 2.24) is 99.5 Å². The van der Waals surface area contributed by atoms with Crippen LogP contribution < -0.4 is 108 Å². The molecule has 18 amide bonds. The minimum absolute atomic E-state index is 0.0694. The third kappa shape index (κ3) is 36.0. The highest BCUT2D eigenvalue weighted by Crippen LogP contribution is 2.23. The first-order valence-corrected chi connectivity index (χ1v) is 42.4. The lowest BCUT2D eigenvalue weighted by atomic mass is 10.0. The molecule has 0 aliphatic carbocycles. The number of hydrogen-bond acceptors (Lipinski definition) is 26. The number of aliphatic carboxylic acids is 2. The number of phenolic OH excluding ortho intramolecular Hbond substituents is 1. The maximum absolute atomic E-state index is 14.9. The number of carboxylic acids is 2. The lowest BCUT2D eigenvalue weighted by Gasteiger charge is -2.31. The van der Waals surface area contributed by atoms with E-state index < -0.39 is 248 Å². The number of aliphatic hydroxyl groups excluding tert-OH is 1. The van der Waals surface area contributed by atoms with Gasteiger partial charge in [-0.15, -0.1) is 0 Å². The smallest absolute Gasteiger partial charge is 0.326 e. The summed E-state index contributed by atoms with van der Waals surface area (Å²) in [6, 6.07) is 1.83. The van der Waals surface area contributed by atoms with Crippen LogP contribution in [0.3, 0.4) is 0 Å². The lowest BCUT2D eigenvalue weighted by molar-refractivity contribution is -0.148. The Morgan fingerprint density at radius 1 is 0.485 bits per heavy atom. The van der Waals surface area contributed by atoms with Gasteiger partial charge in [0, 0.05) is 70.2 Å². The first-order valence-electron chi connectivity index (χ1n) is 42.4. The van der Waals surface area contributed by atoms with Gasteiger partial charge < -0.3 is 144 Å². The molecule has 4 aromatic rings. The van der Waals surface area contributed by atoms with E-state index in [-0.39, 0.29) is 120 Å². The number of phenols is 1. The normalized spacial score (nSPS) is 16.0. The number of aromatic hydroxyl groups is 1. The van der Waals surface area contributed by atoms with Crippen molar-refractivity contribution in [2.45, 2.75) is 202 Å². The number of guanidine groups is 1. The fourth-order valence-corrected chi connectivity index (χ4v) is 14.0. The quantitative estimate of drug-likeness (QED) is 0.0111. The van der Waals surface area contributed by atoms with Gasteiger partial charge in [0.15, 0.2) is 5.96 Å². The summed E-state index contributed by atoms with van der Waals surface area (Å²) in [6.45, 7) is 0.608. The predicted molar refractivity (Wildman–Crippen MR) is 465 cm³/mol. The fraction of sp³-hybridized carbons (Fsp3) is 0.494. The standard InChI is InChI=1S/C83H117N25O24/c1-43(2)29-52(74(123)104-58(32-47-20-22-49(110)23-21-47)81(130)108-28-11-18-60(108)79(128)103-57(35-68(117)118)77(126)102-56(34-63(87)112)72(121)95-41-67(116)107-27-12-19-61(107)82(131)132)97-65(114)39-92-64(113)38-93-71(120)53(30-45-13-6-4-7-14-45)100-76(125)55(33-48-37-90-42-96-48)98-66(115)40-94-80(129)69(44(3)109)106-78(127)59(36-84)105-75(124)54(31-46-15-8-5-9-16-46)101-73(122)51(17-10-26-91-83(88)89)99-70(119)50(85)24-25-62(86)111/h4-9,13-16,20-23,37,42-44,50-61,69,109-110H,10-12,17-19,24-36,38-41,84-85H2,1-3H3,(H2,86,111)(H2,87,112)(H,90,96)(H,92,113)(H,93,120)(H,94,129)(H,95,121)(H,97,114)(H,98,115)(H,99,119)(H,100,125)(H,101,122)(H,102,126)(H,103,128)(H,104,123)(H,105,124)(H,106,127)(H,117,118)(H,131,132)(H4,88,89,91)/t44-,50+,51+,52+,53+,54+,55+,56+,57+,58+,59+,60+,61+,69+/m1/s1. The molecule has 1 aromatic heterocycles. The number of aliphatic hydroxyl groups is 1. The minimum Gasteiger partial charge on any atom is -0.508 e. The van der Waals surface area contributed by atoms with Gasteiger partial charge in [0.2, 0.25) is 106 Å². The average Bonchev–Trinajstić information content (AvgIpc) is 1.65. The van der Waals surface area contributed by atoms with Crippen LogP contribution in [0.5, 0.6) is 5.75 Å². The molecule has 132 heavy (non-hydrogen) atoms. The van der Waals surface area contributed by atoms with Gasteiger partial charge in [0.1, 0.15) is 78.3 Å². The second kappa shape index (κ2) is 53.2. The van der Waals surface area contributed by atoms with Crippen LogP contribution in [-0.2, 0) is 122 Å². The number of carbonyl (C=O) groups is 20. The zero-order valence-corrected chi connectivity index (χ0v) is 72.8. The average molecular weight is 1850 g/mol. The minimum atomic E-state index is -1.98. The maximum atomic E-state index is 14.9. The summed E-state index contributed by atoms with van der Waals surface area (Å²) in [5.74, 6) is -21.7. The summed E-state index contributed by atoms with van der Waals surface area (Å²) < 4.78 is 0. The summed E-state index contributed by atoms with van der Waals surface area (Å²) in [6.07, 6.45) is -1.95. The third-order valence-corrected chi connectivity index (χ3v) is 20.9. The number of amides is 18. The zero-order chi connectivity index (χ0) is 97.4. The molecule has 0 spiro atoms. The highest BCUT2D eigenvalue weighted by atomic mass is 16.4. The Morgan fingerprint density at radius 2 is 0.962 bits per heavy atom. The number of nitrogens with two attached hydrogens (primary N) is 5. The molecule has 0 bridgehead atoms. The molecule has 14 atom stereocenters. The molecule has 2 aliphatic rings. The number of hydrogen-bond donors (Lipinski definition) is 26. The van der Waals surface area contributed by atoms with Crippen LogP contribution in [0.15, 0.2) is 97.5 Å². The highest BCUT2D eigenvalue weighted by molar-refractivity contribution is 6.02. The summed E-state index contributed by atoms with van der Waals surface area (Å²) in [4.78, 5) is 279.